The van der Waals surface area contributed by atoms with E-state index in [9.17, 15) is 20.4 Å². The standard InChI is InChI=1S/C31H52O6/c1-27(2)22-16-24(33)31(7)20-10-9-18(17-15-19(37-26(17)36-8)25(34)28(3,4)35)29(20,5)13-11-21(31)30(22,6)14-12-23(27)32/h10,17-19,21-26,32-35H,9,11-16H2,1-8H3/t17-,18-,19+,21+,22-,23+,24+,25-,26-,29-,30+,31-/m0/s1. The third kappa shape index (κ3) is 3.79. The molecule has 12 atom stereocenters. The lowest BCUT2D eigenvalue weighted by atomic mass is 9.37. The highest BCUT2D eigenvalue weighted by Crippen LogP contribution is 2.73. The van der Waals surface area contributed by atoms with Crippen LogP contribution in [0.25, 0.3) is 0 Å². The number of ether oxygens (including phenoxy) is 2. The molecular weight excluding hydrogens is 468 g/mol. The van der Waals surface area contributed by atoms with Crippen molar-refractivity contribution >= 4 is 0 Å². The van der Waals surface area contributed by atoms with E-state index in [1.165, 1.54) is 5.57 Å². The Kier molecular flexibility index (Phi) is 6.63. The molecule has 4 N–H and O–H groups in total. The number of rotatable bonds is 4. The Hall–Kier alpha value is -0.500. The van der Waals surface area contributed by atoms with Gasteiger partial charge in [0.25, 0.3) is 0 Å². The molecule has 212 valence electrons. The summed E-state index contributed by atoms with van der Waals surface area (Å²) in [5.41, 5.74) is -0.307. The lowest BCUT2D eigenvalue weighted by Crippen LogP contribution is -2.65. The molecule has 0 unspecified atom stereocenters. The van der Waals surface area contributed by atoms with Gasteiger partial charge in [0, 0.05) is 18.4 Å². The Morgan fingerprint density at radius 2 is 1.68 bits per heavy atom. The zero-order valence-corrected chi connectivity index (χ0v) is 24.3. The zero-order valence-electron chi connectivity index (χ0n) is 24.3. The molecule has 1 heterocycles. The molecule has 37 heavy (non-hydrogen) atoms. The molecule has 6 nitrogen and oxygen atoms in total. The quantitative estimate of drug-likeness (QED) is 0.409. The van der Waals surface area contributed by atoms with E-state index in [1.807, 2.05) is 0 Å². The van der Waals surface area contributed by atoms with Crippen molar-refractivity contribution in [3.63, 3.8) is 0 Å². The van der Waals surface area contributed by atoms with Gasteiger partial charge in [-0.3, -0.25) is 0 Å². The number of aliphatic hydroxyl groups is 4. The van der Waals surface area contributed by atoms with Gasteiger partial charge in [-0.25, -0.2) is 0 Å². The number of allylic oxidation sites excluding steroid dienone is 1. The summed E-state index contributed by atoms with van der Waals surface area (Å²) in [6.07, 6.45) is 6.10. The molecule has 5 aliphatic rings. The third-order valence-electron chi connectivity index (χ3n) is 12.7. The van der Waals surface area contributed by atoms with Crippen molar-refractivity contribution in [3.8, 4) is 0 Å². The van der Waals surface area contributed by atoms with E-state index in [0.29, 0.717) is 24.2 Å². The lowest BCUT2D eigenvalue weighted by molar-refractivity contribution is -0.214. The van der Waals surface area contributed by atoms with Crippen molar-refractivity contribution in [2.24, 2.45) is 45.3 Å². The summed E-state index contributed by atoms with van der Waals surface area (Å²) < 4.78 is 12.0. The normalized spacial score (nSPS) is 52.2. The molecule has 5 rings (SSSR count). The molecule has 0 amide bonds. The summed E-state index contributed by atoms with van der Waals surface area (Å²) in [5, 5.41) is 44.0. The summed E-state index contributed by atoms with van der Waals surface area (Å²) in [6, 6.07) is 0. The Bertz CT molecular complexity index is 923. The van der Waals surface area contributed by atoms with Gasteiger partial charge in [-0.2, -0.15) is 0 Å². The van der Waals surface area contributed by atoms with Crippen LogP contribution in [0, 0.1) is 45.3 Å². The molecular formula is C31H52O6. The Morgan fingerprint density at radius 3 is 2.30 bits per heavy atom. The maximum Gasteiger partial charge on any atom is 0.160 e. The number of aliphatic hydroxyl groups excluding tert-OH is 3. The predicted octanol–water partition coefficient (Wildman–Crippen LogP) is 4.43. The van der Waals surface area contributed by atoms with E-state index < -0.39 is 30.2 Å². The first-order chi connectivity index (χ1) is 17.0. The van der Waals surface area contributed by atoms with Gasteiger partial charge in [0.1, 0.15) is 6.10 Å². The number of hydrogen-bond donors (Lipinski definition) is 4. The lowest BCUT2D eigenvalue weighted by Gasteiger charge is -2.68. The summed E-state index contributed by atoms with van der Waals surface area (Å²) in [6.45, 7) is 14.8. The Labute approximate surface area is 223 Å². The summed E-state index contributed by atoms with van der Waals surface area (Å²) in [5.74, 6) is 1.08. The fourth-order valence-electron chi connectivity index (χ4n) is 10.6. The van der Waals surface area contributed by atoms with Gasteiger partial charge in [0.2, 0.25) is 0 Å². The van der Waals surface area contributed by atoms with Gasteiger partial charge in [0.15, 0.2) is 6.29 Å². The molecule has 0 aromatic heterocycles. The maximum atomic E-state index is 11.9. The first kappa shape index (κ1) is 28.0. The molecule has 4 aliphatic carbocycles. The molecule has 1 aliphatic heterocycles. The first-order valence-electron chi connectivity index (χ1n) is 14.7. The smallest absolute Gasteiger partial charge is 0.160 e. The van der Waals surface area contributed by atoms with Crippen molar-refractivity contribution in [1.82, 2.24) is 0 Å². The summed E-state index contributed by atoms with van der Waals surface area (Å²) >= 11 is 0. The number of fused-ring (bicyclic) bond motifs is 5. The zero-order chi connectivity index (χ0) is 27.3. The van der Waals surface area contributed by atoms with Gasteiger partial charge >= 0.3 is 0 Å². The first-order valence-corrected chi connectivity index (χ1v) is 14.7. The largest absolute Gasteiger partial charge is 0.393 e. The van der Waals surface area contributed by atoms with Crippen LogP contribution in [0.2, 0.25) is 0 Å². The highest BCUT2D eigenvalue weighted by Gasteiger charge is 2.68. The summed E-state index contributed by atoms with van der Waals surface area (Å²) in [7, 11) is 1.67. The van der Waals surface area contributed by atoms with E-state index in [-0.39, 0.29) is 33.7 Å². The molecule has 0 spiro atoms. The van der Waals surface area contributed by atoms with Crippen LogP contribution in [0.3, 0.4) is 0 Å². The maximum absolute atomic E-state index is 11.9. The van der Waals surface area contributed by atoms with E-state index >= 15 is 0 Å². The van der Waals surface area contributed by atoms with Gasteiger partial charge in [-0.15, -0.1) is 0 Å². The van der Waals surface area contributed by atoms with E-state index in [1.54, 1.807) is 21.0 Å². The molecule has 0 aromatic rings. The van der Waals surface area contributed by atoms with Crippen LogP contribution in [0.5, 0.6) is 0 Å². The van der Waals surface area contributed by atoms with Crippen LogP contribution < -0.4 is 0 Å². The van der Waals surface area contributed by atoms with Crippen LogP contribution in [0.15, 0.2) is 11.6 Å². The van der Waals surface area contributed by atoms with Gasteiger partial charge < -0.3 is 29.9 Å². The fourth-order valence-corrected chi connectivity index (χ4v) is 10.6. The van der Waals surface area contributed by atoms with Crippen LogP contribution in [0.4, 0.5) is 0 Å². The highest BCUT2D eigenvalue weighted by molar-refractivity contribution is 5.36. The summed E-state index contributed by atoms with van der Waals surface area (Å²) in [4.78, 5) is 0. The molecule has 3 saturated carbocycles. The Morgan fingerprint density at radius 1 is 1.00 bits per heavy atom. The third-order valence-corrected chi connectivity index (χ3v) is 12.7. The van der Waals surface area contributed by atoms with Crippen molar-refractivity contribution in [2.75, 3.05) is 7.11 Å². The van der Waals surface area contributed by atoms with Crippen LogP contribution in [0.1, 0.15) is 93.4 Å². The van der Waals surface area contributed by atoms with Crippen molar-refractivity contribution in [3.05, 3.63) is 11.6 Å². The monoisotopic (exact) mass is 520 g/mol. The molecule has 1 saturated heterocycles. The minimum absolute atomic E-state index is 0.0709. The number of hydrogen-bond acceptors (Lipinski definition) is 6. The van der Waals surface area contributed by atoms with E-state index in [0.717, 1.165) is 38.5 Å². The molecule has 0 aromatic carbocycles. The van der Waals surface area contributed by atoms with Crippen molar-refractivity contribution in [2.45, 2.75) is 130 Å². The van der Waals surface area contributed by atoms with Gasteiger partial charge in [0.05, 0.1) is 23.9 Å². The predicted molar refractivity (Wildman–Crippen MR) is 142 cm³/mol. The SMILES string of the molecule is CO[C@H]1O[C@@H]([C@H](O)C(C)(C)O)C[C@H]1[C@@H]1CC=C2[C@]3(C)[C@H](O)C[C@H]4C(C)(C)[C@H](O)CC[C@]4(C)[C@H]3CC[C@]21C. The minimum atomic E-state index is -1.24. The van der Waals surface area contributed by atoms with Crippen molar-refractivity contribution in [1.29, 1.82) is 0 Å². The molecule has 4 fully saturated rings. The van der Waals surface area contributed by atoms with E-state index in [4.69, 9.17) is 9.47 Å². The molecule has 0 bridgehead atoms. The molecule has 0 radical (unpaired) electrons. The highest BCUT2D eigenvalue weighted by atomic mass is 16.7. The van der Waals surface area contributed by atoms with E-state index in [2.05, 4.69) is 40.7 Å². The Balaban J connectivity index is 1.45. The van der Waals surface area contributed by atoms with Gasteiger partial charge in [-0.1, -0.05) is 46.3 Å². The topological polar surface area (TPSA) is 99.4 Å². The van der Waals surface area contributed by atoms with Crippen LogP contribution in [-0.4, -0.2) is 63.8 Å². The molecule has 6 heteroatoms. The average molecular weight is 521 g/mol. The minimum Gasteiger partial charge on any atom is -0.393 e. The second-order valence-electron chi connectivity index (χ2n) is 15.2. The second kappa shape index (κ2) is 8.75. The van der Waals surface area contributed by atoms with Crippen molar-refractivity contribution < 1.29 is 29.9 Å². The number of methoxy groups -OCH3 is 1. The van der Waals surface area contributed by atoms with Crippen LogP contribution in [-0.2, 0) is 9.47 Å². The average Bonchev–Trinajstić information content (AvgIpc) is 3.38. The second-order valence-corrected chi connectivity index (χ2v) is 15.2. The van der Waals surface area contributed by atoms with Gasteiger partial charge in [-0.05, 0) is 92.8 Å². The fraction of sp³-hybridized carbons (Fsp3) is 0.935. The van der Waals surface area contributed by atoms with Crippen LogP contribution >= 0.6 is 0 Å².